The van der Waals surface area contributed by atoms with E-state index in [4.69, 9.17) is 9.47 Å². The number of tetrazole rings is 1. The molecule has 41 heavy (non-hydrogen) atoms. The highest BCUT2D eigenvalue weighted by molar-refractivity contribution is 5.90. The first-order valence-electron chi connectivity index (χ1n) is 12.6. The Morgan fingerprint density at radius 2 is 1.78 bits per heavy atom. The van der Waals surface area contributed by atoms with Crippen LogP contribution in [0.15, 0.2) is 30.3 Å². The van der Waals surface area contributed by atoms with Gasteiger partial charge in [-0.15, -0.1) is 5.10 Å². The molecule has 1 N–H and O–H groups in total. The lowest BCUT2D eigenvalue weighted by atomic mass is 9.92. The first kappa shape index (κ1) is 29.9. The molecule has 10 nitrogen and oxygen atoms in total. The van der Waals surface area contributed by atoms with E-state index >= 15 is 0 Å². The van der Waals surface area contributed by atoms with Crippen LogP contribution in [-0.2, 0) is 23.6 Å². The summed E-state index contributed by atoms with van der Waals surface area (Å²) in [7, 11) is 1.38. The maximum Gasteiger partial charge on any atom is 0.416 e. The zero-order valence-corrected chi connectivity index (χ0v) is 22.4. The lowest BCUT2D eigenvalue weighted by Crippen LogP contribution is -2.48. The number of pyridine rings is 1. The summed E-state index contributed by atoms with van der Waals surface area (Å²) < 4.78 is 92.3. The highest BCUT2D eigenvalue weighted by Gasteiger charge is 2.42. The van der Waals surface area contributed by atoms with Gasteiger partial charge in [0.15, 0.2) is 0 Å². The number of hydrogen-bond donors (Lipinski definition) is 1. The molecule has 0 saturated heterocycles. The van der Waals surface area contributed by atoms with Crippen LogP contribution in [0.3, 0.4) is 0 Å². The fourth-order valence-electron chi connectivity index (χ4n) is 4.72. The Labute approximate surface area is 230 Å². The zero-order valence-electron chi connectivity index (χ0n) is 22.4. The summed E-state index contributed by atoms with van der Waals surface area (Å²) in [5.41, 5.74) is -2.59. The topological polar surface area (TPSA) is 109 Å². The van der Waals surface area contributed by atoms with E-state index in [1.54, 1.807) is 19.9 Å². The van der Waals surface area contributed by atoms with E-state index in [-0.39, 0.29) is 35.6 Å². The monoisotopic (exact) mass is 587 g/mol. The summed E-state index contributed by atoms with van der Waals surface area (Å²) in [4.78, 5) is 20.5. The summed E-state index contributed by atoms with van der Waals surface area (Å²) in [5, 5.41) is 13.7. The molecule has 0 fully saturated rings. The molecule has 1 aliphatic heterocycles. The van der Waals surface area contributed by atoms with Crippen LogP contribution < -0.4 is 14.5 Å². The second-order valence-corrected chi connectivity index (χ2v) is 9.63. The number of nitrogens with zero attached hydrogens (tertiary/aromatic N) is 6. The van der Waals surface area contributed by atoms with Gasteiger partial charge in [-0.25, -0.2) is 9.78 Å². The molecule has 2 aromatic heterocycles. The number of nitrogens with one attached hydrogen (secondary N) is 1. The quantitative estimate of drug-likeness (QED) is 0.339. The maximum atomic E-state index is 13.6. The molecular weight excluding hydrogens is 560 g/mol. The Morgan fingerprint density at radius 1 is 1.12 bits per heavy atom. The van der Waals surface area contributed by atoms with Gasteiger partial charge in [0.1, 0.15) is 0 Å². The highest BCUT2D eigenvalue weighted by atomic mass is 19.4. The second kappa shape index (κ2) is 11.4. The molecule has 3 heterocycles. The van der Waals surface area contributed by atoms with Crippen molar-refractivity contribution in [1.82, 2.24) is 25.6 Å². The normalized spacial score (nSPS) is 17.4. The SMILES string of the molecule is CCC1CC(N(Cc2cc(C(F)(F)F)cc(C(F)(F)F)c2)c2nn[nH]n2)c2nc(OC)ccc2N1C(=O)OC(C)C. The van der Waals surface area contributed by atoms with E-state index in [9.17, 15) is 31.1 Å². The first-order chi connectivity index (χ1) is 19.2. The smallest absolute Gasteiger partial charge is 0.416 e. The fourth-order valence-corrected chi connectivity index (χ4v) is 4.72. The number of hydrogen-bond acceptors (Lipinski definition) is 8. The largest absolute Gasteiger partial charge is 0.481 e. The second-order valence-electron chi connectivity index (χ2n) is 9.63. The highest BCUT2D eigenvalue weighted by Crippen LogP contribution is 2.44. The molecule has 1 aromatic carbocycles. The van der Waals surface area contributed by atoms with Crippen LogP contribution in [0.1, 0.15) is 62.0 Å². The number of alkyl halides is 6. The van der Waals surface area contributed by atoms with Crippen molar-refractivity contribution in [1.29, 1.82) is 0 Å². The Morgan fingerprint density at radius 3 is 2.29 bits per heavy atom. The van der Waals surface area contributed by atoms with Gasteiger partial charge in [0, 0.05) is 18.7 Å². The number of amides is 1. The molecule has 2 unspecified atom stereocenters. The molecule has 4 rings (SSSR count). The lowest BCUT2D eigenvalue weighted by molar-refractivity contribution is -0.143. The number of fused-ring (bicyclic) bond motifs is 1. The third kappa shape index (κ3) is 6.46. The maximum absolute atomic E-state index is 13.6. The fraction of sp³-hybridized carbons (Fsp3) is 0.480. The summed E-state index contributed by atoms with van der Waals surface area (Å²) in [6, 6.07) is 3.20. The van der Waals surface area contributed by atoms with Crippen LogP contribution >= 0.6 is 0 Å². The zero-order chi connectivity index (χ0) is 30.1. The number of methoxy groups -OCH3 is 1. The minimum absolute atomic E-state index is 0.0653. The molecule has 222 valence electrons. The molecule has 16 heteroatoms. The van der Waals surface area contributed by atoms with Crippen molar-refractivity contribution in [2.24, 2.45) is 0 Å². The number of carbonyl (C=O) groups is 1. The standard InChI is InChI=1S/C25H27F6N7O3/c1-5-17-11-19(21-18(6-7-20(32-21)40-4)38(17)23(39)41-13(2)3)37(22-33-35-36-34-22)12-14-8-15(24(26,27)28)10-16(9-14)25(29,30)31/h6-10,13,17,19H,5,11-12H2,1-4H3,(H,33,34,35,36). The molecule has 1 amide bonds. The Hall–Kier alpha value is -4.11. The van der Waals surface area contributed by atoms with Crippen molar-refractivity contribution < 1.29 is 40.6 Å². The molecule has 1 aliphatic rings. The van der Waals surface area contributed by atoms with Gasteiger partial charge >= 0.3 is 18.4 Å². The number of halogens is 6. The van der Waals surface area contributed by atoms with Gasteiger partial charge in [-0.3, -0.25) is 4.90 Å². The number of carbonyl (C=O) groups excluding carboxylic acids is 1. The number of aromatic nitrogens is 5. The van der Waals surface area contributed by atoms with Gasteiger partial charge in [-0.05, 0) is 61.7 Å². The van der Waals surface area contributed by atoms with Crippen molar-refractivity contribution in [3.8, 4) is 5.88 Å². The summed E-state index contributed by atoms with van der Waals surface area (Å²) in [5.74, 6) is 0.0805. The van der Waals surface area contributed by atoms with Crippen LogP contribution in [0, 0.1) is 0 Å². The molecule has 0 radical (unpaired) electrons. The number of rotatable bonds is 7. The lowest BCUT2D eigenvalue weighted by Gasteiger charge is -2.43. The van der Waals surface area contributed by atoms with Crippen LogP contribution in [0.4, 0.5) is 42.8 Å². The molecule has 0 saturated carbocycles. The third-order valence-corrected chi connectivity index (χ3v) is 6.49. The van der Waals surface area contributed by atoms with E-state index in [1.165, 1.54) is 23.0 Å². The number of anilines is 2. The number of aromatic amines is 1. The van der Waals surface area contributed by atoms with E-state index in [1.807, 2.05) is 6.92 Å². The third-order valence-electron chi connectivity index (χ3n) is 6.49. The molecule has 0 bridgehead atoms. The van der Waals surface area contributed by atoms with Crippen molar-refractivity contribution in [2.45, 2.75) is 70.7 Å². The number of H-pyrrole nitrogens is 1. The summed E-state index contributed by atoms with van der Waals surface area (Å²) in [6.07, 6.45) is -10.5. The number of ether oxygens (including phenoxy) is 2. The van der Waals surface area contributed by atoms with Crippen LogP contribution in [0.5, 0.6) is 5.88 Å². The molecule has 2 atom stereocenters. The van der Waals surface area contributed by atoms with Crippen molar-refractivity contribution >= 4 is 17.7 Å². The van der Waals surface area contributed by atoms with Crippen LogP contribution in [0.25, 0.3) is 0 Å². The summed E-state index contributed by atoms with van der Waals surface area (Å²) >= 11 is 0. The van der Waals surface area contributed by atoms with Gasteiger partial charge in [-0.1, -0.05) is 12.0 Å². The number of benzene rings is 1. The van der Waals surface area contributed by atoms with Gasteiger partial charge in [0.25, 0.3) is 5.95 Å². The molecule has 0 spiro atoms. The van der Waals surface area contributed by atoms with Gasteiger partial charge in [0.05, 0.1) is 41.8 Å². The predicted molar refractivity (Wildman–Crippen MR) is 133 cm³/mol. The predicted octanol–water partition coefficient (Wildman–Crippen LogP) is 5.92. The Balaban J connectivity index is 1.87. The summed E-state index contributed by atoms with van der Waals surface area (Å²) in [6.45, 7) is 4.75. The van der Waals surface area contributed by atoms with Crippen molar-refractivity contribution in [3.63, 3.8) is 0 Å². The van der Waals surface area contributed by atoms with Crippen LogP contribution in [0.2, 0.25) is 0 Å². The van der Waals surface area contributed by atoms with E-state index < -0.39 is 54.3 Å². The average molecular weight is 588 g/mol. The van der Waals surface area contributed by atoms with E-state index in [0.29, 0.717) is 24.2 Å². The van der Waals surface area contributed by atoms with Crippen LogP contribution in [-0.4, -0.2) is 51.0 Å². The Bertz CT molecular complexity index is 1330. The van der Waals surface area contributed by atoms with Gasteiger partial charge in [0.2, 0.25) is 5.88 Å². The average Bonchev–Trinajstić information content (AvgIpc) is 3.43. The molecule has 0 aliphatic carbocycles. The van der Waals surface area contributed by atoms with Gasteiger partial charge in [-0.2, -0.15) is 31.6 Å². The molecular formula is C25H27F6N7O3. The van der Waals surface area contributed by atoms with Crippen molar-refractivity contribution in [3.05, 3.63) is 52.7 Å². The minimum Gasteiger partial charge on any atom is -0.481 e. The van der Waals surface area contributed by atoms with E-state index in [2.05, 4.69) is 25.6 Å². The van der Waals surface area contributed by atoms with E-state index in [0.717, 1.165) is 0 Å². The first-order valence-corrected chi connectivity index (χ1v) is 12.6. The minimum atomic E-state index is -5.02. The van der Waals surface area contributed by atoms with Gasteiger partial charge < -0.3 is 14.4 Å². The molecule has 3 aromatic rings. The van der Waals surface area contributed by atoms with Crippen molar-refractivity contribution in [2.75, 3.05) is 16.9 Å². The Kier molecular flexibility index (Phi) is 8.31.